The van der Waals surface area contributed by atoms with Gasteiger partial charge in [-0.05, 0) is 84.6 Å². The van der Waals surface area contributed by atoms with Crippen LogP contribution in [0.25, 0.3) is 6.08 Å². The molecule has 1 unspecified atom stereocenters. The van der Waals surface area contributed by atoms with E-state index in [-0.39, 0.29) is 17.1 Å². The summed E-state index contributed by atoms with van der Waals surface area (Å²) in [5.41, 5.74) is 5.93. The van der Waals surface area contributed by atoms with E-state index in [4.69, 9.17) is 4.74 Å². The normalized spacial score (nSPS) is 18.0. The van der Waals surface area contributed by atoms with Crippen molar-refractivity contribution in [3.05, 3.63) is 93.9 Å². The Morgan fingerprint density at radius 2 is 1.68 bits per heavy atom. The zero-order valence-electron chi connectivity index (χ0n) is 20.6. The van der Waals surface area contributed by atoms with Crippen LogP contribution in [0.2, 0.25) is 0 Å². The lowest BCUT2D eigenvalue weighted by molar-refractivity contribution is -0.118. The summed E-state index contributed by atoms with van der Waals surface area (Å²) in [5.74, 6) is 0.301. The first-order valence-corrected chi connectivity index (χ1v) is 12.9. The Balaban J connectivity index is 1.27. The predicted molar refractivity (Wildman–Crippen MR) is 147 cm³/mol. The lowest BCUT2D eigenvalue weighted by Crippen LogP contribution is -2.42. The second kappa shape index (κ2) is 10.5. The van der Waals surface area contributed by atoms with Gasteiger partial charge in [-0.2, -0.15) is 0 Å². The summed E-state index contributed by atoms with van der Waals surface area (Å²) in [6.07, 6.45) is 2.40. The van der Waals surface area contributed by atoms with Crippen molar-refractivity contribution in [3.8, 4) is 5.75 Å². The molecule has 0 aromatic heterocycles. The number of hydrogen-bond donors (Lipinski definition) is 2. The highest BCUT2D eigenvalue weighted by molar-refractivity contribution is 8.18. The molecule has 2 heterocycles. The van der Waals surface area contributed by atoms with E-state index in [9.17, 15) is 14.4 Å². The van der Waals surface area contributed by atoms with Crippen molar-refractivity contribution in [2.75, 3.05) is 23.4 Å². The minimum atomic E-state index is -0.416. The van der Waals surface area contributed by atoms with Gasteiger partial charge >= 0.3 is 0 Å². The molecule has 1 atom stereocenters. The van der Waals surface area contributed by atoms with E-state index < -0.39 is 6.04 Å². The number of anilines is 2. The Morgan fingerprint density at radius 1 is 0.946 bits per heavy atom. The number of rotatable bonds is 7. The third-order valence-corrected chi connectivity index (χ3v) is 7.30. The standard InChI is InChI=1S/C29H27N3O4S/c1-18-15-23-24(16-19(18)2)32(26(28(34)30-23)21-7-4-3-5-8-21)13-6-14-36-22-11-9-20(10-12-22)17-25-27(33)31-29(35)37-25/h3-5,7-12,15-17,26H,6,13-14H2,1-2H3,(H,30,34)(H,31,33,35). The number of carbonyl (C=O) groups is 3. The summed E-state index contributed by atoms with van der Waals surface area (Å²) in [7, 11) is 0. The highest BCUT2D eigenvalue weighted by Crippen LogP contribution is 2.40. The van der Waals surface area contributed by atoms with Crippen LogP contribution in [-0.2, 0) is 9.59 Å². The van der Waals surface area contributed by atoms with Crippen molar-refractivity contribution in [2.45, 2.75) is 26.3 Å². The second-order valence-electron chi connectivity index (χ2n) is 9.07. The van der Waals surface area contributed by atoms with Crippen LogP contribution in [-0.4, -0.2) is 30.2 Å². The number of nitrogens with one attached hydrogen (secondary N) is 2. The van der Waals surface area contributed by atoms with Crippen LogP contribution in [0.15, 0.2) is 71.6 Å². The molecule has 5 rings (SSSR count). The molecule has 3 amide bonds. The average Bonchev–Trinajstić information content (AvgIpc) is 3.20. The third-order valence-electron chi connectivity index (χ3n) is 6.49. The number of nitrogens with zero attached hydrogens (tertiary/aromatic N) is 1. The summed E-state index contributed by atoms with van der Waals surface area (Å²) in [5, 5.41) is 4.99. The van der Waals surface area contributed by atoms with Crippen LogP contribution in [0.4, 0.5) is 16.2 Å². The SMILES string of the molecule is Cc1cc2c(cc1C)N(CCCOc1ccc(C=C3SC(=O)NC3=O)cc1)C(c1ccccc1)C(=O)N2. The molecule has 0 aliphatic carbocycles. The lowest BCUT2D eigenvalue weighted by Gasteiger charge is -2.39. The fourth-order valence-electron chi connectivity index (χ4n) is 4.49. The van der Waals surface area contributed by atoms with E-state index in [0.29, 0.717) is 30.2 Å². The zero-order chi connectivity index (χ0) is 25.9. The molecule has 8 heteroatoms. The molecular formula is C29H27N3O4S. The number of ether oxygens (including phenoxy) is 1. The van der Waals surface area contributed by atoms with Crippen molar-refractivity contribution < 1.29 is 19.1 Å². The van der Waals surface area contributed by atoms with Gasteiger partial charge in [0.05, 0.1) is 22.9 Å². The first-order chi connectivity index (χ1) is 17.9. The van der Waals surface area contributed by atoms with Crippen LogP contribution in [0.1, 0.15) is 34.7 Å². The molecule has 0 spiro atoms. The Bertz CT molecular complexity index is 1390. The number of hydrogen-bond acceptors (Lipinski definition) is 6. The Morgan fingerprint density at radius 3 is 2.38 bits per heavy atom. The number of carbonyl (C=O) groups excluding carboxylic acids is 3. The van der Waals surface area contributed by atoms with E-state index in [2.05, 4.69) is 28.5 Å². The van der Waals surface area contributed by atoms with Crippen molar-refractivity contribution in [1.29, 1.82) is 0 Å². The summed E-state index contributed by atoms with van der Waals surface area (Å²) in [4.78, 5) is 38.8. The Kier molecular flexibility index (Phi) is 7.01. The molecule has 1 saturated heterocycles. The van der Waals surface area contributed by atoms with E-state index >= 15 is 0 Å². The second-order valence-corrected chi connectivity index (χ2v) is 10.1. The maximum absolute atomic E-state index is 13.2. The largest absolute Gasteiger partial charge is 0.494 e. The molecule has 3 aromatic carbocycles. The summed E-state index contributed by atoms with van der Waals surface area (Å²) >= 11 is 0.896. The van der Waals surface area contributed by atoms with Gasteiger partial charge in [-0.15, -0.1) is 0 Å². The maximum Gasteiger partial charge on any atom is 0.290 e. The monoisotopic (exact) mass is 513 g/mol. The molecule has 3 aromatic rings. The highest BCUT2D eigenvalue weighted by atomic mass is 32.2. The smallest absolute Gasteiger partial charge is 0.290 e. The van der Waals surface area contributed by atoms with E-state index in [1.54, 1.807) is 6.08 Å². The highest BCUT2D eigenvalue weighted by Gasteiger charge is 2.34. The van der Waals surface area contributed by atoms with Gasteiger partial charge in [0, 0.05) is 6.54 Å². The van der Waals surface area contributed by atoms with Crippen molar-refractivity contribution in [1.82, 2.24) is 5.32 Å². The van der Waals surface area contributed by atoms with Crippen molar-refractivity contribution >= 4 is 46.3 Å². The molecule has 37 heavy (non-hydrogen) atoms. The number of fused-ring (bicyclic) bond motifs is 1. The number of aryl methyl sites for hydroxylation is 2. The average molecular weight is 514 g/mol. The number of amides is 3. The van der Waals surface area contributed by atoms with Gasteiger partial charge < -0.3 is 15.0 Å². The molecule has 2 aliphatic rings. The molecule has 7 nitrogen and oxygen atoms in total. The topological polar surface area (TPSA) is 87.7 Å². The number of imide groups is 1. The van der Waals surface area contributed by atoms with Crippen LogP contribution < -0.4 is 20.3 Å². The van der Waals surface area contributed by atoms with Gasteiger partial charge in [-0.1, -0.05) is 42.5 Å². The first-order valence-electron chi connectivity index (χ1n) is 12.1. The minimum Gasteiger partial charge on any atom is -0.494 e. The van der Waals surface area contributed by atoms with Crippen LogP contribution >= 0.6 is 11.8 Å². The molecule has 0 saturated carbocycles. The molecule has 0 radical (unpaired) electrons. The summed E-state index contributed by atoms with van der Waals surface area (Å²) < 4.78 is 5.97. The lowest BCUT2D eigenvalue weighted by atomic mass is 9.97. The van der Waals surface area contributed by atoms with Crippen LogP contribution in [0.5, 0.6) is 5.75 Å². The maximum atomic E-state index is 13.2. The zero-order valence-corrected chi connectivity index (χ0v) is 21.4. The fraction of sp³-hybridized carbons (Fsp3) is 0.207. The van der Waals surface area contributed by atoms with Crippen molar-refractivity contribution in [2.24, 2.45) is 0 Å². The predicted octanol–water partition coefficient (Wildman–Crippen LogP) is 5.60. The molecule has 1 fully saturated rings. The van der Waals surface area contributed by atoms with E-state index in [0.717, 1.165) is 39.8 Å². The van der Waals surface area contributed by atoms with Gasteiger partial charge in [0.15, 0.2) is 0 Å². The van der Waals surface area contributed by atoms with Gasteiger partial charge in [-0.3, -0.25) is 19.7 Å². The van der Waals surface area contributed by atoms with Gasteiger partial charge in [-0.25, -0.2) is 0 Å². The van der Waals surface area contributed by atoms with Gasteiger partial charge in [0.1, 0.15) is 11.8 Å². The van der Waals surface area contributed by atoms with Crippen LogP contribution in [0.3, 0.4) is 0 Å². The Labute approximate surface area is 219 Å². The number of benzene rings is 3. The van der Waals surface area contributed by atoms with Gasteiger partial charge in [0.25, 0.3) is 17.1 Å². The van der Waals surface area contributed by atoms with E-state index in [1.165, 1.54) is 5.56 Å². The molecule has 0 bridgehead atoms. The Hall–Kier alpha value is -4.04. The van der Waals surface area contributed by atoms with Gasteiger partial charge in [0.2, 0.25) is 0 Å². The molecule has 188 valence electrons. The molecule has 2 N–H and O–H groups in total. The summed E-state index contributed by atoms with van der Waals surface area (Å²) in [6, 6.07) is 21.0. The van der Waals surface area contributed by atoms with E-state index in [1.807, 2.05) is 67.6 Å². The molecular weight excluding hydrogens is 486 g/mol. The third kappa shape index (κ3) is 5.39. The number of thioether (sulfide) groups is 1. The minimum absolute atomic E-state index is 0.0385. The summed E-state index contributed by atoms with van der Waals surface area (Å²) in [6.45, 7) is 5.26. The fourth-order valence-corrected chi connectivity index (χ4v) is 5.18. The van der Waals surface area contributed by atoms with Crippen molar-refractivity contribution in [3.63, 3.8) is 0 Å². The van der Waals surface area contributed by atoms with Crippen LogP contribution in [0, 0.1) is 13.8 Å². The quantitative estimate of drug-likeness (QED) is 0.316. The first kappa shape index (κ1) is 24.6. The molecule has 2 aliphatic heterocycles.